The van der Waals surface area contributed by atoms with Gasteiger partial charge in [-0.2, -0.15) is 4.40 Å². The summed E-state index contributed by atoms with van der Waals surface area (Å²) in [5, 5.41) is 0. The number of hydrogen-bond donors (Lipinski definition) is 0. The number of allylic oxidation sites excluding steroid dienone is 2. The molecule has 0 spiro atoms. The molecular formula is C23H23NO2S. The quantitative estimate of drug-likeness (QED) is 0.769. The lowest BCUT2D eigenvalue weighted by Gasteiger charge is -2.54. The third-order valence-corrected chi connectivity index (χ3v) is 7.92. The molecule has 2 aromatic carbocycles. The van der Waals surface area contributed by atoms with Crippen molar-refractivity contribution in [3.05, 3.63) is 82.9 Å². The molecule has 4 unspecified atom stereocenters. The zero-order chi connectivity index (χ0) is 18.8. The van der Waals surface area contributed by atoms with E-state index in [1.165, 1.54) is 16.7 Å². The molecule has 1 heterocycles. The Hall–Kier alpha value is -2.20. The minimum absolute atomic E-state index is 0.140. The lowest BCUT2D eigenvalue weighted by Crippen LogP contribution is -2.46. The molecule has 6 rings (SSSR count). The molecule has 0 fully saturated rings. The molecule has 0 saturated heterocycles. The Morgan fingerprint density at radius 3 is 2.44 bits per heavy atom. The van der Waals surface area contributed by atoms with Crippen LogP contribution in [-0.4, -0.2) is 19.9 Å². The van der Waals surface area contributed by atoms with Crippen molar-refractivity contribution in [2.45, 2.75) is 37.5 Å². The molecule has 4 heteroatoms. The molecule has 2 bridgehead atoms. The first-order valence-corrected chi connectivity index (χ1v) is 11.2. The van der Waals surface area contributed by atoms with Crippen LogP contribution in [0.15, 0.2) is 70.6 Å². The van der Waals surface area contributed by atoms with E-state index in [-0.39, 0.29) is 17.1 Å². The van der Waals surface area contributed by atoms with Crippen LogP contribution in [0.4, 0.5) is 0 Å². The van der Waals surface area contributed by atoms with Gasteiger partial charge >= 0.3 is 0 Å². The molecule has 138 valence electrons. The second-order valence-corrected chi connectivity index (χ2v) is 10.0. The number of benzene rings is 2. The maximum absolute atomic E-state index is 12.0. The van der Waals surface area contributed by atoms with Crippen LogP contribution in [0, 0.1) is 5.92 Å². The highest BCUT2D eigenvalue weighted by Gasteiger charge is 2.53. The van der Waals surface area contributed by atoms with Crippen LogP contribution in [0.25, 0.3) is 0 Å². The van der Waals surface area contributed by atoms with E-state index in [0.717, 1.165) is 11.3 Å². The SMILES string of the molecule is CC1C2C(C3=NS(=O)(=O)CC3)=CC(C)(c3ccccc32)C1c1ccccc1. The fourth-order valence-electron chi connectivity index (χ4n) is 5.73. The molecule has 0 saturated carbocycles. The lowest BCUT2D eigenvalue weighted by molar-refractivity contribution is 0.266. The van der Waals surface area contributed by atoms with Gasteiger partial charge in [0, 0.05) is 23.7 Å². The minimum Gasteiger partial charge on any atom is -0.205 e. The van der Waals surface area contributed by atoms with Crippen molar-refractivity contribution in [3.63, 3.8) is 0 Å². The number of sulfonamides is 1. The lowest BCUT2D eigenvalue weighted by atomic mass is 9.49. The largest absolute Gasteiger partial charge is 0.253 e. The van der Waals surface area contributed by atoms with E-state index in [0.29, 0.717) is 18.3 Å². The third kappa shape index (κ3) is 2.39. The highest BCUT2D eigenvalue weighted by atomic mass is 32.2. The van der Waals surface area contributed by atoms with Crippen molar-refractivity contribution in [1.29, 1.82) is 0 Å². The fourth-order valence-corrected chi connectivity index (χ4v) is 6.81. The predicted octanol–water partition coefficient (Wildman–Crippen LogP) is 4.58. The molecule has 2 aromatic rings. The minimum atomic E-state index is -3.29. The van der Waals surface area contributed by atoms with Gasteiger partial charge in [0.15, 0.2) is 0 Å². The summed E-state index contributed by atoms with van der Waals surface area (Å²) in [4.78, 5) is 0. The molecule has 1 aliphatic heterocycles. The van der Waals surface area contributed by atoms with Crippen LogP contribution < -0.4 is 0 Å². The topological polar surface area (TPSA) is 46.5 Å². The second kappa shape index (κ2) is 5.65. The maximum atomic E-state index is 12.0. The van der Waals surface area contributed by atoms with Gasteiger partial charge in [-0.3, -0.25) is 0 Å². The van der Waals surface area contributed by atoms with E-state index in [1.807, 2.05) is 0 Å². The standard InChI is InChI=1S/C23H23NO2S/c1-15-21-17-10-6-7-11-19(17)23(2,22(15)16-8-4-3-5-9-16)14-18(21)20-12-13-27(25,26)24-20/h3-11,14-15,21-22H,12-13H2,1-2H3. The summed E-state index contributed by atoms with van der Waals surface area (Å²) in [5.74, 6) is 1.07. The van der Waals surface area contributed by atoms with Gasteiger partial charge in [0.2, 0.25) is 0 Å². The first kappa shape index (κ1) is 16.9. The van der Waals surface area contributed by atoms with Crippen molar-refractivity contribution in [1.82, 2.24) is 0 Å². The Labute approximate surface area is 160 Å². The molecule has 3 aliphatic carbocycles. The van der Waals surface area contributed by atoms with Crippen LogP contribution in [-0.2, 0) is 15.4 Å². The second-order valence-electron chi connectivity index (χ2n) is 8.27. The predicted molar refractivity (Wildman–Crippen MR) is 109 cm³/mol. The van der Waals surface area contributed by atoms with Crippen LogP contribution >= 0.6 is 0 Å². The van der Waals surface area contributed by atoms with Crippen molar-refractivity contribution in [2.75, 3.05) is 5.75 Å². The molecule has 4 aliphatic rings. The van der Waals surface area contributed by atoms with Crippen LogP contribution in [0.1, 0.15) is 48.8 Å². The molecule has 0 N–H and O–H groups in total. The van der Waals surface area contributed by atoms with E-state index < -0.39 is 10.0 Å². The highest BCUT2D eigenvalue weighted by Crippen LogP contribution is 2.61. The molecule has 27 heavy (non-hydrogen) atoms. The average Bonchev–Trinajstić information content (AvgIpc) is 3.02. The van der Waals surface area contributed by atoms with Gasteiger partial charge in [-0.15, -0.1) is 0 Å². The Kier molecular flexibility index (Phi) is 3.54. The van der Waals surface area contributed by atoms with Crippen LogP contribution in [0.5, 0.6) is 0 Å². The maximum Gasteiger partial charge on any atom is 0.253 e. The fraction of sp³-hybridized carbons (Fsp3) is 0.348. The van der Waals surface area contributed by atoms with E-state index >= 15 is 0 Å². The third-order valence-electron chi connectivity index (χ3n) is 6.70. The summed E-state index contributed by atoms with van der Waals surface area (Å²) in [5.41, 5.74) is 5.80. The van der Waals surface area contributed by atoms with Gasteiger partial charge in [0.1, 0.15) is 0 Å². The Balaban J connectivity index is 1.75. The average molecular weight is 378 g/mol. The number of hydrogen-bond acceptors (Lipinski definition) is 2. The Morgan fingerprint density at radius 2 is 1.74 bits per heavy atom. The zero-order valence-electron chi connectivity index (χ0n) is 15.6. The van der Waals surface area contributed by atoms with Crippen LogP contribution in [0.3, 0.4) is 0 Å². The smallest absolute Gasteiger partial charge is 0.205 e. The number of fused-ring (bicyclic) bond motifs is 1. The monoisotopic (exact) mass is 377 g/mol. The van der Waals surface area contributed by atoms with Crippen molar-refractivity contribution < 1.29 is 8.42 Å². The zero-order valence-corrected chi connectivity index (χ0v) is 16.4. The van der Waals surface area contributed by atoms with Crippen molar-refractivity contribution in [3.8, 4) is 0 Å². The summed E-state index contributed by atoms with van der Waals surface area (Å²) in [6.07, 6.45) is 2.86. The molecule has 0 radical (unpaired) electrons. The summed E-state index contributed by atoms with van der Waals surface area (Å²) in [7, 11) is -3.29. The number of nitrogens with zero attached hydrogens (tertiary/aromatic N) is 1. The Morgan fingerprint density at radius 1 is 1.04 bits per heavy atom. The van der Waals surface area contributed by atoms with E-state index in [4.69, 9.17) is 0 Å². The van der Waals surface area contributed by atoms with E-state index in [9.17, 15) is 8.42 Å². The Bertz CT molecular complexity index is 1080. The van der Waals surface area contributed by atoms with E-state index in [2.05, 4.69) is 78.9 Å². The van der Waals surface area contributed by atoms with Gasteiger partial charge in [0.25, 0.3) is 10.0 Å². The van der Waals surface area contributed by atoms with Gasteiger partial charge in [-0.05, 0) is 28.2 Å². The van der Waals surface area contributed by atoms with Crippen LogP contribution in [0.2, 0.25) is 0 Å². The van der Waals surface area contributed by atoms with Crippen molar-refractivity contribution in [2.24, 2.45) is 10.3 Å². The first-order chi connectivity index (χ1) is 12.9. The molecule has 3 nitrogen and oxygen atoms in total. The highest BCUT2D eigenvalue weighted by molar-refractivity contribution is 7.90. The molecule has 0 amide bonds. The first-order valence-electron chi connectivity index (χ1n) is 9.60. The summed E-state index contributed by atoms with van der Waals surface area (Å²) >= 11 is 0. The molecular weight excluding hydrogens is 354 g/mol. The molecule has 4 atom stereocenters. The van der Waals surface area contributed by atoms with Gasteiger partial charge < -0.3 is 0 Å². The number of rotatable bonds is 2. The van der Waals surface area contributed by atoms with Gasteiger partial charge in [-0.25, -0.2) is 8.42 Å². The molecule has 0 aromatic heterocycles. The summed E-state index contributed by atoms with van der Waals surface area (Å²) < 4.78 is 28.1. The van der Waals surface area contributed by atoms with Gasteiger partial charge in [-0.1, -0.05) is 74.5 Å². The van der Waals surface area contributed by atoms with Crippen molar-refractivity contribution >= 4 is 15.7 Å². The summed E-state index contributed by atoms with van der Waals surface area (Å²) in [6, 6.07) is 19.4. The van der Waals surface area contributed by atoms with Gasteiger partial charge in [0.05, 0.1) is 11.5 Å². The van der Waals surface area contributed by atoms with E-state index in [1.54, 1.807) is 0 Å². The summed E-state index contributed by atoms with van der Waals surface area (Å²) in [6.45, 7) is 4.62. The normalized spacial score (nSPS) is 33.3.